The Hall–Kier alpha value is -3.16. The first-order valence-electron chi connectivity index (χ1n) is 8.94. The molecule has 28 heavy (non-hydrogen) atoms. The number of nitrogens with zero attached hydrogens (tertiary/aromatic N) is 2. The first kappa shape index (κ1) is 17.0. The van der Waals surface area contributed by atoms with Crippen LogP contribution in [-0.2, 0) is 12.6 Å². The zero-order valence-electron chi connectivity index (χ0n) is 14.7. The fourth-order valence-electron chi connectivity index (χ4n) is 3.57. The van der Waals surface area contributed by atoms with Gasteiger partial charge in [-0.15, -0.1) is 0 Å². The number of fused-ring (bicyclic) bond motifs is 2. The van der Waals surface area contributed by atoms with E-state index in [1.54, 1.807) is 4.68 Å². The SMILES string of the molecule is FC(F)(F)c1ccc(-c2nn(-c3ccc4c(c3)OCCO4)c3c2CCN3)cc1. The monoisotopic (exact) mass is 387 g/mol. The zero-order chi connectivity index (χ0) is 19.3. The summed E-state index contributed by atoms with van der Waals surface area (Å²) in [5, 5.41) is 8.01. The minimum atomic E-state index is -4.35. The van der Waals surface area contributed by atoms with Crippen LogP contribution in [0.1, 0.15) is 11.1 Å². The molecule has 0 atom stereocenters. The predicted octanol–water partition coefficient (Wildman–Crippen LogP) is 4.30. The van der Waals surface area contributed by atoms with E-state index in [9.17, 15) is 13.2 Å². The molecule has 0 spiro atoms. The van der Waals surface area contributed by atoms with Gasteiger partial charge in [0.25, 0.3) is 0 Å². The van der Waals surface area contributed by atoms with Crippen LogP contribution in [0, 0.1) is 0 Å². The van der Waals surface area contributed by atoms with Gasteiger partial charge >= 0.3 is 6.18 Å². The Morgan fingerprint density at radius 1 is 0.964 bits per heavy atom. The number of rotatable bonds is 2. The van der Waals surface area contributed by atoms with E-state index in [4.69, 9.17) is 9.47 Å². The molecule has 0 aliphatic carbocycles. The van der Waals surface area contributed by atoms with Crippen LogP contribution in [0.2, 0.25) is 0 Å². The molecule has 2 aliphatic heterocycles. The number of anilines is 1. The number of alkyl halides is 3. The maximum absolute atomic E-state index is 12.9. The molecule has 2 aliphatic rings. The van der Waals surface area contributed by atoms with Gasteiger partial charge in [-0.2, -0.15) is 18.3 Å². The number of aromatic nitrogens is 2. The van der Waals surface area contributed by atoms with E-state index >= 15 is 0 Å². The summed E-state index contributed by atoms with van der Waals surface area (Å²) < 4.78 is 51.5. The van der Waals surface area contributed by atoms with Crippen molar-refractivity contribution in [3.8, 4) is 28.4 Å². The fraction of sp³-hybridized carbons (Fsp3) is 0.250. The summed E-state index contributed by atoms with van der Waals surface area (Å²) >= 11 is 0. The second-order valence-electron chi connectivity index (χ2n) is 6.67. The zero-order valence-corrected chi connectivity index (χ0v) is 14.7. The topological polar surface area (TPSA) is 48.3 Å². The first-order chi connectivity index (χ1) is 13.5. The van der Waals surface area contributed by atoms with Gasteiger partial charge in [0.15, 0.2) is 11.5 Å². The molecule has 2 aromatic carbocycles. The normalized spacial score (nSPS) is 15.2. The van der Waals surface area contributed by atoms with E-state index in [-0.39, 0.29) is 0 Å². The highest BCUT2D eigenvalue weighted by molar-refractivity contribution is 5.73. The average molecular weight is 387 g/mol. The summed E-state index contributed by atoms with van der Waals surface area (Å²) in [5.41, 5.74) is 2.47. The molecular weight excluding hydrogens is 371 g/mol. The molecular formula is C20H16F3N3O2. The van der Waals surface area contributed by atoms with Crippen LogP contribution in [0.15, 0.2) is 42.5 Å². The second-order valence-corrected chi connectivity index (χ2v) is 6.67. The van der Waals surface area contributed by atoms with Gasteiger partial charge in [-0.1, -0.05) is 12.1 Å². The van der Waals surface area contributed by atoms with Gasteiger partial charge in [0.05, 0.1) is 16.9 Å². The molecule has 0 amide bonds. The molecule has 5 nitrogen and oxygen atoms in total. The number of benzene rings is 2. The van der Waals surface area contributed by atoms with E-state index in [0.29, 0.717) is 36.0 Å². The summed E-state index contributed by atoms with van der Waals surface area (Å²) in [6, 6.07) is 10.7. The number of nitrogens with one attached hydrogen (secondary N) is 1. The largest absolute Gasteiger partial charge is 0.486 e. The summed E-state index contributed by atoms with van der Waals surface area (Å²) in [7, 11) is 0. The summed E-state index contributed by atoms with van der Waals surface area (Å²) in [4.78, 5) is 0. The molecule has 144 valence electrons. The molecule has 1 aromatic heterocycles. The van der Waals surface area contributed by atoms with Crippen molar-refractivity contribution in [2.75, 3.05) is 25.1 Å². The maximum atomic E-state index is 12.9. The van der Waals surface area contributed by atoms with Crippen molar-refractivity contribution in [3.05, 3.63) is 53.6 Å². The first-order valence-corrected chi connectivity index (χ1v) is 8.94. The van der Waals surface area contributed by atoms with Crippen LogP contribution < -0.4 is 14.8 Å². The quantitative estimate of drug-likeness (QED) is 0.713. The summed E-state index contributed by atoms with van der Waals surface area (Å²) in [6.45, 7) is 1.76. The third kappa shape index (κ3) is 2.76. The van der Waals surface area contributed by atoms with E-state index < -0.39 is 11.7 Å². The number of hydrogen-bond acceptors (Lipinski definition) is 4. The third-order valence-electron chi connectivity index (χ3n) is 4.91. The predicted molar refractivity (Wildman–Crippen MR) is 97.2 cm³/mol. The Kier molecular flexibility index (Phi) is 3.75. The lowest BCUT2D eigenvalue weighted by atomic mass is 10.0. The molecule has 0 fully saturated rings. The molecule has 8 heteroatoms. The molecule has 0 saturated carbocycles. The highest BCUT2D eigenvalue weighted by atomic mass is 19.4. The summed E-state index contributed by atoms with van der Waals surface area (Å²) in [6.07, 6.45) is -3.59. The average Bonchev–Trinajstić information content (AvgIpc) is 3.30. The van der Waals surface area contributed by atoms with Crippen molar-refractivity contribution in [3.63, 3.8) is 0 Å². The maximum Gasteiger partial charge on any atom is 0.416 e. The number of hydrogen-bond donors (Lipinski definition) is 1. The van der Waals surface area contributed by atoms with Gasteiger partial charge in [-0.25, -0.2) is 4.68 Å². The van der Waals surface area contributed by atoms with Crippen LogP contribution in [0.4, 0.5) is 19.0 Å². The van der Waals surface area contributed by atoms with Gasteiger partial charge in [-0.3, -0.25) is 0 Å². The Balaban J connectivity index is 1.57. The van der Waals surface area contributed by atoms with Crippen molar-refractivity contribution in [1.82, 2.24) is 9.78 Å². The van der Waals surface area contributed by atoms with Crippen molar-refractivity contribution in [2.45, 2.75) is 12.6 Å². The van der Waals surface area contributed by atoms with Gasteiger partial charge in [-0.05, 0) is 30.7 Å². The minimum Gasteiger partial charge on any atom is -0.486 e. The molecule has 3 heterocycles. The highest BCUT2D eigenvalue weighted by Gasteiger charge is 2.31. The van der Waals surface area contributed by atoms with Crippen molar-refractivity contribution in [2.24, 2.45) is 0 Å². The second kappa shape index (κ2) is 6.19. The smallest absolute Gasteiger partial charge is 0.416 e. The van der Waals surface area contributed by atoms with Crippen LogP contribution >= 0.6 is 0 Å². The van der Waals surface area contributed by atoms with Crippen LogP contribution in [0.25, 0.3) is 16.9 Å². The van der Waals surface area contributed by atoms with Gasteiger partial charge in [0, 0.05) is 23.7 Å². The van der Waals surface area contributed by atoms with Gasteiger partial charge in [0.1, 0.15) is 19.0 Å². The van der Waals surface area contributed by atoms with Crippen LogP contribution in [-0.4, -0.2) is 29.5 Å². The molecule has 5 rings (SSSR count). The number of halogens is 3. The van der Waals surface area contributed by atoms with E-state index in [2.05, 4.69) is 10.4 Å². The van der Waals surface area contributed by atoms with E-state index in [1.165, 1.54) is 12.1 Å². The Bertz CT molecular complexity index is 1040. The number of ether oxygens (including phenoxy) is 2. The summed E-state index contributed by atoms with van der Waals surface area (Å²) in [5.74, 6) is 2.20. The minimum absolute atomic E-state index is 0.489. The van der Waals surface area contributed by atoms with Crippen molar-refractivity contribution >= 4 is 5.82 Å². The standard InChI is InChI=1S/C20H16F3N3O2/c21-20(22,23)13-3-1-12(2-4-13)18-15-7-8-24-19(15)26(25-18)14-5-6-16-17(11-14)28-10-9-27-16/h1-6,11,24H,7-10H2. The van der Waals surface area contributed by atoms with Crippen molar-refractivity contribution < 1.29 is 22.6 Å². The van der Waals surface area contributed by atoms with Crippen molar-refractivity contribution in [1.29, 1.82) is 0 Å². The van der Waals surface area contributed by atoms with E-state index in [1.807, 2.05) is 18.2 Å². The lowest BCUT2D eigenvalue weighted by molar-refractivity contribution is -0.137. The Morgan fingerprint density at radius 2 is 1.71 bits per heavy atom. The van der Waals surface area contributed by atoms with Crippen LogP contribution in [0.3, 0.4) is 0 Å². The molecule has 0 bridgehead atoms. The highest BCUT2D eigenvalue weighted by Crippen LogP contribution is 2.38. The Morgan fingerprint density at radius 3 is 2.46 bits per heavy atom. The molecule has 0 unspecified atom stereocenters. The molecule has 1 N–H and O–H groups in total. The third-order valence-corrected chi connectivity index (χ3v) is 4.91. The fourth-order valence-corrected chi connectivity index (χ4v) is 3.57. The lowest BCUT2D eigenvalue weighted by Gasteiger charge is -2.19. The van der Waals surface area contributed by atoms with E-state index in [0.717, 1.165) is 42.2 Å². The molecule has 0 saturated heterocycles. The van der Waals surface area contributed by atoms with Gasteiger partial charge in [0.2, 0.25) is 0 Å². The molecule has 0 radical (unpaired) electrons. The Labute approximate surface area is 158 Å². The van der Waals surface area contributed by atoms with Crippen LogP contribution in [0.5, 0.6) is 11.5 Å². The molecule has 3 aromatic rings. The van der Waals surface area contributed by atoms with Gasteiger partial charge < -0.3 is 14.8 Å². The lowest BCUT2D eigenvalue weighted by Crippen LogP contribution is -2.15.